The van der Waals surface area contributed by atoms with Crippen LogP contribution in [0, 0.1) is 5.92 Å². The van der Waals surface area contributed by atoms with E-state index in [-0.39, 0.29) is 29.3 Å². The fourth-order valence-corrected chi connectivity index (χ4v) is 5.50. The van der Waals surface area contributed by atoms with Gasteiger partial charge in [-0.1, -0.05) is 37.5 Å². The smallest absolute Gasteiger partial charge is 0.317 e. The van der Waals surface area contributed by atoms with Gasteiger partial charge in [0.15, 0.2) is 0 Å². The lowest BCUT2D eigenvalue weighted by atomic mass is 9.83. The van der Waals surface area contributed by atoms with Gasteiger partial charge in [0.05, 0.1) is 0 Å². The van der Waals surface area contributed by atoms with Crippen LogP contribution in [0.4, 0.5) is 10.5 Å². The van der Waals surface area contributed by atoms with E-state index in [0.717, 1.165) is 25.0 Å². The van der Waals surface area contributed by atoms with E-state index in [9.17, 15) is 14.4 Å². The number of rotatable bonds is 3. The van der Waals surface area contributed by atoms with Crippen LogP contribution in [0.2, 0.25) is 0 Å². The molecule has 1 aromatic heterocycles. The average Bonchev–Trinajstić information content (AvgIpc) is 2.82. The van der Waals surface area contributed by atoms with Crippen molar-refractivity contribution in [3.63, 3.8) is 0 Å². The van der Waals surface area contributed by atoms with E-state index < -0.39 is 0 Å². The first-order valence-electron chi connectivity index (χ1n) is 11.7. The van der Waals surface area contributed by atoms with Gasteiger partial charge in [-0.3, -0.25) is 9.59 Å². The maximum atomic E-state index is 13.1. The molecule has 32 heavy (non-hydrogen) atoms. The number of carbonyl (C=O) groups is 2. The van der Waals surface area contributed by atoms with Crippen LogP contribution in [0.25, 0.3) is 0 Å². The topological polar surface area (TPSA) is 83.4 Å². The van der Waals surface area contributed by atoms with Gasteiger partial charge in [0.1, 0.15) is 5.69 Å². The summed E-state index contributed by atoms with van der Waals surface area (Å²) in [6, 6.07) is 12.9. The Morgan fingerprint density at radius 2 is 1.69 bits per heavy atom. The maximum Gasteiger partial charge on any atom is 0.317 e. The van der Waals surface area contributed by atoms with Crippen molar-refractivity contribution in [2.24, 2.45) is 5.92 Å². The molecule has 2 unspecified atom stereocenters. The summed E-state index contributed by atoms with van der Waals surface area (Å²) < 4.78 is 1.80. The summed E-state index contributed by atoms with van der Waals surface area (Å²) in [7, 11) is 0. The normalized spacial score (nSPS) is 22.7. The van der Waals surface area contributed by atoms with E-state index in [1.807, 2.05) is 17.0 Å². The van der Waals surface area contributed by atoms with Crippen LogP contribution in [-0.2, 0) is 6.54 Å². The molecule has 0 spiro atoms. The van der Waals surface area contributed by atoms with Crippen molar-refractivity contribution in [3.8, 4) is 0 Å². The molecule has 3 heterocycles. The Morgan fingerprint density at radius 3 is 2.47 bits per heavy atom. The third kappa shape index (κ3) is 4.16. The molecule has 7 heteroatoms. The molecule has 1 aliphatic carbocycles. The lowest BCUT2D eigenvalue weighted by Crippen LogP contribution is -2.53. The zero-order valence-electron chi connectivity index (χ0n) is 18.3. The summed E-state index contributed by atoms with van der Waals surface area (Å²) in [5, 5.41) is 6.00. The van der Waals surface area contributed by atoms with Crippen molar-refractivity contribution >= 4 is 17.6 Å². The molecule has 7 nitrogen and oxygen atoms in total. The molecular formula is C25H30N4O3. The van der Waals surface area contributed by atoms with Gasteiger partial charge in [0, 0.05) is 42.9 Å². The highest BCUT2D eigenvalue weighted by molar-refractivity contribution is 6.04. The maximum absolute atomic E-state index is 13.1. The van der Waals surface area contributed by atoms with Crippen molar-refractivity contribution in [1.29, 1.82) is 0 Å². The van der Waals surface area contributed by atoms with Crippen molar-refractivity contribution in [1.82, 2.24) is 14.8 Å². The molecule has 168 valence electrons. The number of fused-ring (bicyclic) bond motifs is 4. The largest absolute Gasteiger partial charge is 0.335 e. The minimum absolute atomic E-state index is 0.0362. The summed E-state index contributed by atoms with van der Waals surface area (Å²) in [5.74, 6) is 0.104. The van der Waals surface area contributed by atoms with Crippen LogP contribution >= 0.6 is 0 Å². The predicted molar refractivity (Wildman–Crippen MR) is 123 cm³/mol. The number of hydrogen-bond donors (Lipinski definition) is 2. The Hall–Kier alpha value is -3.09. The molecule has 0 radical (unpaired) electrons. The average molecular weight is 435 g/mol. The van der Waals surface area contributed by atoms with Gasteiger partial charge >= 0.3 is 6.03 Å². The van der Waals surface area contributed by atoms with Gasteiger partial charge < -0.3 is 20.1 Å². The van der Waals surface area contributed by atoms with Gasteiger partial charge in [-0.25, -0.2) is 4.79 Å². The van der Waals surface area contributed by atoms with Crippen molar-refractivity contribution in [2.75, 3.05) is 18.4 Å². The van der Waals surface area contributed by atoms with E-state index in [1.165, 1.54) is 19.3 Å². The van der Waals surface area contributed by atoms with Crippen molar-refractivity contribution in [2.45, 2.75) is 57.0 Å². The summed E-state index contributed by atoms with van der Waals surface area (Å²) in [6.45, 7) is 1.87. The highest BCUT2D eigenvalue weighted by Crippen LogP contribution is 2.35. The van der Waals surface area contributed by atoms with E-state index in [0.29, 0.717) is 36.9 Å². The second-order valence-electron chi connectivity index (χ2n) is 9.40. The SMILES string of the molecule is O=C(Nc1ccc2n(c1=O)CC1CC2CN(C(=O)NC2CCCCC2)C1)c1ccccc1. The van der Waals surface area contributed by atoms with E-state index in [4.69, 9.17) is 0 Å². The Morgan fingerprint density at radius 1 is 0.906 bits per heavy atom. The number of amides is 3. The predicted octanol–water partition coefficient (Wildman–Crippen LogP) is 3.56. The zero-order chi connectivity index (χ0) is 22.1. The second kappa shape index (κ2) is 8.81. The van der Waals surface area contributed by atoms with Gasteiger partial charge in [0.25, 0.3) is 11.5 Å². The van der Waals surface area contributed by atoms with E-state index >= 15 is 0 Å². The molecule has 2 fully saturated rings. The molecule has 2 bridgehead atoms. The molecule has 2 atom stereocenters. The van der Waals surface area contributed by atoms with Crippen molar-refractivity contribution < 1.29 is 9.59 Å². The molecule has 2 aromatic rings. The van der Waals surface area contributed by atoms with Gasteiger partial charge in [-0.2, -0.15) is 0 Å². The van der Waals surface area contributed by atoms with Crippen LogP contribution in [-0.4, -0.2) is 40.5 Å². The van der Waals surface area contributed by atoms with Gasteiger partial charge in [-0.15, -0.1) is 0 Å². The summed E-state index contributed by atoms with van der Waals surface area (Å²) in [5.41, 5.74) is 1.61. The summed E-state index contributed by atoms with van der Waals surface area (Å²) in [4.78, 5) is 40.5. The van der Waals surface area contributed by atoms with E-state index in [2.05, 4.69) is 10.6 Å². The summed E-state index contributed by atoms with van der Waals surface area (Å²) >= 11 is 0. The minimum atomic E-state index is -0.287. The zero-order valence-corrected chi connectivity index (χ0v) is 18.3. The highest BCUT2D eigenvalue weighted by Gasteiger charge is 2.37. The standard InChI is InChI=1S/C25H30N4O3/c30-23(18-7-3-1-4-8-18)27-21-11-12-22-19-13-17(15-29(22)24(21)31)14-28(16-19)25(32)26-20-9-5-2-6-10-20/h1,3-4,7-8,11-12,17,19-20H,2,5-6,9-10,13-16H2,(H,26,32)(H,27,30). The molecule has 1 saturated carbocycles. The Balaban J connectivity index is 1.30. The quantitative estimate of drug-likeness (QED) is 0.775. The number of pyridine rings is 1. The summed E-state index contributed by atoms with van der Waals surface area (Å²) in [6.07, 6.45) is 6.78. The number of hydrogen-bond acceptors (Lipinski definition) is 3. The van der Waals surface area contributed by atoms with Gasteiger partial charge in [0.2, 0.25) is 0 Å². The number of piperidine rings is 1. The first-order chi connectivity index (χ1) is 15.6. The number of anilines is 1. The fraction of sp³-hybridized carbons (Fsp3) is 0.480. The van der Waals surface area contributed by atoms with Crippen LogP contribution in [0.5, 0.6) is 0 Å². The molecule has 2 aliphatic heterocycles. The third-order valence-corrected chi connectivity index (χ3v) is 7.11. The number of nitrogens with one attached hydrogen (secondary N) is 2. The first-order valence-corrected chi connectivity index (χ1v) is 11.7. The number of urea groups is 1. The molecule has 3 aliphatic rings. The van der Waals surface area contributed by atoms with Gasteiger partial charge in [-0.05, 0) is 49.4 Å². The lowest BCUT2D eigenvalue weighted by Gasteiger charge is -2.43. The number of aromatic nitrogens is 1. The molecular weight excluding hydrogens is 404 g/mol. The van der Waals surface area contributed by atoms with E-state index in [1.54, 1.807) is 34.9 Å². The van der Waals surface area contributed by atoms with Crippen LogP contribution in [0.15, 0.2) is 47.3 Å². The Labute approximate surface area is 187 Å². The third-order valence-electron chi connectivity index (χ3n) is 7.11. The molecule has 3 amide bonds. The van der Waals surface area contributed by atoms with Crippen LogP contribution in [0.3, 0.4) is 0 Å². The molecule has 1 saturated heterocycles. The Kier molecular flexibility index (Phi) is 5.72. The van der Waals surface area contributed by atoms with Crippen LogP contribution in [0.1, 0.15) is 60.5 Å². The molecule has 5 rings (SSSR count). The second-order valence-corrected chi connectivity index (χ2v) is 9.40. The first kappa shape index (κ1) is 20.8. The highest BCUT2D eigenvalue weighted by atomic mass is 16.2. The fourth-order valence-electron chi connectivity index (χ4n) is 5.50. The number of carbonyl (C=O) groups excluding carboxylic acids is 2. The van der Waals surface area contributed by atoms with Crippen LogP contribution < -0.4 is 16.2 Å². The number of likely N-dealkylation sites (tertiary alicyclic amines) is 1. The molecule has 1 aromatic carbocycles. The minimum Gasteiger partial charge on any atom is -0.335 e. The van der Waals surface area contributed by atoms with Crippen molar-refractivity contribution in [3.05, 3.63) is 64.1 Å². The Bertz CT molecular complexity index is 1060. The molecule has 2 N–H and O–H groups in total. The number of nitrogens with zero attached hydrogens (tertiary/aromatic N) is 2. The lowest BCUT2D eigenvalue weighted by molar-refractivity contribution is 0.102. The monoisotopic (exact) mass is 434 g/mol. The number of benzene rings is 1.